The average molecular weight is 405 g/mol. The molecule has 3 amide bonds. The van der Waals surface area contributed by atoms with Crippen LogP contribution >= 0.6 is 11.6 Å². The molecule has 0 bridgehead atoms. The van der Waals surface area contributed by atoms with Crippen LogP contribution in [0, 0.1) is 0 Å². The molecule has 1 aromatic heterocycles. The largest absolute Gasteiger partial charge is 0.324 e. The lowest BCUT2D eigenvalue weighted by atomic mass is 9.92. The first-order chi connectivity index (χ1) is 13.1. The number of nitrogens with zero attached hydrogens (tertiary/aromatic N) is 2. The summed E-state index contributed by atoms with van der Waals surface area (Å²) in [5, 5.41) is 16.9. The highest BCUT2D eigenvalue weighted by Crippen LogP contribution is 2.26. The zero-order valence-corrected chi connectivity index (χ0v) is 17.1. The molecule has 9 heteroatoms. The van der Waals surface area contributed by atoms with E-state index in [0.29, 0.717) is 22.9 Å². The molecule has 0 saturated carbocycles. The number of hydrogen-bond acceptors (Lipinski definition) is 4. The summed E-state index contributed by atoms with van der Waals surface area (Å²) >= 11 is 5.87. The maximum atomic E-state index is 12.5. The van der Waals surface area contributed by atoms with Crippen LogP contribution in [0.1, 0.15) is 46.1 Å². The van der Waals surface area contributed by atoms with Gasteiger partial charge in [-0.1, -0.05) is 32.4 Å². The molecule has 1 saturated heterocycles. The Labute approximate surface area is 169 Å². The smallest absolute Gasteiger partial charge is 0.322 e. The number of urea groups is 1. The molecule has 28 heavy (non-hydrogen) atoms. The minimum atomic E-state index is -0.543. The summed E-state index contributed by atoms with van der Waals surface area (Å²) in [6.07, 6.45) is -0.151. The van der Waals surface area contributed by atoms with E-state index in [1.807, 2.05) is 33.8 Å². The van der Waals surface area contributed by atoms with Crippen molar-refractivity contribution in [1.29, 1.82) is 0 Å². The van der Waals surface area contributed by atoms with Gasteiger partial charge in [-0.3, -0.25) is 15.4 Å². The number of nitrogens with one attached hydrogen (secondary N) is 4. The molecule has 4 N–H and O–H groups in total. The van der Waals surface area contributed by atoms with Gasteiger partial charge in [0.15, 0.2) is 6.29 Å². The van der Waals surface area contributed by atoms with E-state index < -0.39 is 12.3 Å². The normalized spacial score (nSPS) is 19.8. The standard InChI is InChI=1S/C19H25ClN6O2/c1-11-9-16(27)24-17(21-11)26-15(10-14(25-26)19(2,3)4)23-18(28)22-13-7-5-12(20)6-8-13/h5-8,10-11,17,21H,9H2,1-4H3,(H,24,27)(H2,22,23,28). The second-order valence-electron chi connectivity index (χ2n) is 7.94. The Balaban J connectivity index is 1.84. The van der Waals surface area contributed by atoms with Gasteiger partial charge in [0.2, 0.25) is 5.91 Å². The molecule has 2 unspecified atom stereocenters. The van der Waals surface area contributed by atoms with Gasteiger partial charge in [-0.05, 0) is 31.2 Å². The number of carbonyl (C=O) groups excluding carboxylic acids is 2. The molecule has 0 aliphatic carbocycles. The molecule has 150 valence electrons. The predicted molar refractivity (Wildman–Crippen MR) is 109 cm³/mol. The van der Waals surface area contributed by atoms with Crippen molar-refractivity contribution >= 4 is 35.0 Å². The molecule has 8 nitrogen and oxygen atoms in total. The third-order valence-corrected chi connectivity index (χ3v) is 4.58. The summed E-state index contributed by atoms with van der Waals surface area (Å²) in [5.41, 5.74) is 1.18. The summed E-state index contributed by atoms with van der Waals surface area (Å²) in [5.74, 6) is 0.406. The van der Waals surface area contributed by atoms with Crippen molar-refractivity contribution in [2.45, 2.75) is 51.9 Å². The monoisotopic (exact) mass is 404 g/mol. The van der Waals surface area contributed by atoms with Gasteiger partial charge in [0.1, 0.15) is 5.82 Å². The van der Waals surface area contributed by atoms with Gasteiger partial charge in [0.05, 0.1) is 5.69 Å². The van der Waals surface area contributed by atoms with E-state index in [0.717, 1.165) is 5.69 Å². The topological polar surface area (TPSA) is 100 Å². The number of halogens is 1. The Morgan fingerprint density at radius 1 is 1.25 bits per heavy atom. The van der Waals surface area contributed by atoms with Crippen molar-refractivity contribution < 1.29 is 9.59 Å². The van der Waals surface area contributed by atoms with E-state index in [1.54, 1.807) is 28.9 Å². The van der Waals surface area contributed by atoms with Gasteiger partial charge in [-0.25, -0.2) is 9.48 Å². The van der Waals surface area contributed by atoms with Crippen LogP contribution in [0.5, 0.6) is 0 Å². The van der Waals surface area contributed by atoms with Crippen molar-refractivity contribution in [2.75, 3.05) is 10.6 Å². The third-order valence-electron chi connectivity index (χ3n) is 4.32. The van der Waals surface area contributed by atoms with E-state index in [4.69, 9.17) is 11.6 Å². The van der Waals surface area contributed by atoms with Crippen molar-refractivity contribution in [3.63, 3.8) is 0 Å². The number of aromatic nitrogens is 2. The van der Waals surface area contributed by atoms with Gasteiger partial charge >= 0.3 is 6.03 Å². The van der Waals surface area contributed by atoms with Crippen LogP contribution in [0.3, 0.4) is 0 Å². The van der Waals surface area contributed by atoms with Crippen molar-refractivity contribution in [2.24, 2.45) is 0 Å². The van der Waals surface area contributed by atoms with Crippen molar-refractivity contribution in [3.8, 4) is 0 Å². The first-order valence-electron chi connectivity index (χ1n) is 9.11. The molecule has 1 fully saturated rings. The fourth-order valence-corrected chi connectivity index (χ4v) is 2.98. The van der Waals surface area contributed by atoms with Crippen LogP contribution in [-0.4, -0.2) is 27.8 Å². The molecular formula is C19H25ClN6O2. The molecule has 2 heterocycles. The predicted octanol–water partition coefficient (Wildman–Crippen LogP) is 3.43. The first-order valence-corrected chi connectivity index (χ1v) is 9.48. The van der Waals surface area contributed by atoms with E-state index in [2.05, 4.69) is 26.4 Å². The quantitative estimate of drug-likeness (QED) is 0.629. The van der Waals surface area contributed by atoms with Crippen LogP contribution in [0.25, 0.3) is 0 Å². The highest BCUT2D eigenvalue weighted by atomic mass is 35.5. The summed E-state index contributed by atoms with van der Waals surface area (Å²) in [7, 11) is 0. The van der Waals surface area contributed by atoms with Crippen LogP contribution in [0.2, 0.25) is 5.02 Å². The molecule has 0 spiro atoms. The van der Waals surface area contributed by atoms with Crippen molar-refractivity contribution in [1.82, 2.24) is 20.4 Å². The van der Waals surface area contributed by atoms with E-state index >= 15 is 0 Å². The molecular weight excluding hydrogens is 380 g/mol. The minimum Gasteiger partial charge on any atom is -0.322 e. The van der Waals surface area contributed by atoms with Crippen LogP contribution in [-0.2, 0) is 10.2 Å². The summed E-state index contributed by atoms with van der Waals surface area (Å²) < 4.78 is 1.59. The Morgan fingerprint density at radius 2 is 1.93 bits per heavy atom. The Hall–Kier alpha value is -2.58. The summed E-state index contributed by atoms with van der Waals surface area (Å²) in [6, 6.07) is 8.21. The molecule has 1 aliphatic heterocycles. The zero-order valence-electron chi connectivity index (χ0n) is 16.3. The number of amides is 3. The fourth-order valence-electron chi connectivity index (χ4n) is 2.85. The fraction of sp³-hybridized carbons (Fsp3) is 0.421. The second kappa shape index (κ2) is 7.81. The number of hydrogen-bond donors (Lipinski definition) is 4. The van der Waals surface area contributed by atoms with Crippen LogP contribution in [0.4, 0.5) is 16.3 Å². The van der Waals surface area contributed by atoms with E-state index in [-0.39, 0.29) is 17.4 Å². The van der Waals surface area contributed by atoms with Gasteiger partial charge < -0.3 is 10.6 Å². The van der Waals surface area contributed by atoms with Gasteiger partial charge in [-0.2, -0.15) is 5.10 Å². The number of rotatable bonds is 3. The van der Waals surface area contributed by atoms with Gasteiger partial charge in [-0.15, -0.1) is 0 Å². The third kappa shape index (κ3) is 4.82. The molecule has 0 radical (unpaired) electrons. The molecule has 1 aliphatic rings. The van der Waals surface area contributed by atoms with Crippen LogP contribution < -0.4 is 21.3 Å². The molecule has 2 aromatic rings. The minimum absolute atomic E-state index is 0.00298. The van der Waals surface area contributed by atoms with E-state index in [1.165, 1.54) is 0 Å². The maximum Gasteiger partial charge on any atom is 0.324 e. The maximum absolute atomic E-state index is 12.5. The Morgan fingerprint density at radius 3 is 2.54 bits per heavy atom. The number of anilines is 2. The Bertz CT molecular complexity index is 872. The van der Waals surface area contributed by atoms with Gasteiger partial charge in [0, 0.05) is 34.7 Å². The first kappa shape index (κ1) is 20.2. The second-order valence-corrected chi connectivity index (χ2v) is 8.37. The number of benzene rings is 1. The summed E-state index contributed by atoms with van der Waals surface area (Å²) in [4.78, 5) is 24.4. The van der Waals surface area contributed by atoms with Crippen LogP contribution in [0.15, 0.2) is 30.3 Å². The van der Waals surface area contributed by atoms with Crippen molar-refractivity contribution in [3.05, 3.63) is 41.0 Å². The van der Waals surface area contributed by atoms with Gasteiger partial charge in [0.25, 0.3) is 0 Å². The molecule has 1 aromatic carbocycles. The molecule has 2 atom stereocenters. The number of carbonyl (C=O) groups is 2. The highest BCUT2D eigenvalue weighted by Gasteiger charge is 2.29. The highest BCUT2D eigenvalue weighted by molar-refractivity contribution is 6.30. The SMILES string of the molecule is CC1CC(=O)NC(n2nc(C(C)(C)C)cc2NC(=O)Nc2ccc(Cl)cc2)N1. The lowest BCUT2D eigenvalue weighted by Gasteiger charge is -2.30. The lowest BCUT2D eigenvalue weighted by Crippen LogP contribution is -2.52. The molecule has 3 rings (SSSR count). The zero-order chi connectivity index (χ0) is 20.5. The van der Waals surface area contributed by atoms with E-state index in [9.17, 15) is 9.59 Å². The lowest BCUT2D eigenvalue weighted by molar-refractivity contribution is -0.125. The Kier molecular flexibility index (Phi) is 5.62. The average Bonchev–Trinajstić information content (AvgIpc) is 3.00. The summed E-state index contributed by atoms with van der Waals surface area (Å²) in [6.45, 7) is 8.03.